The van der Waals surface area contributed by atoms with Gasteiger partial charge in [-0.25, -0.2) is 0 Å². The molecule has 0 saturated carbocycles. The number of rotatable bonds is 8. The van der Waals surface area contributed by atoms with E-state index in [2.05, 4.69) is 24.4 Å². The molecule has 2 heterocycles. The lowest BCUT2D eigenvalue weighted by Crippen LogP contribution is -2.35. The third-order valence-corrected chi connectivity index (χ3v) is 5.88. The molecule has 3 aromatic rings. The lowest BCUT2D eigenvalue weighted by molar-refractivity contribution is -0.132. The maximum Gasteiger partial charge on any atom is 0.224 e. The van der Waals surface area contributed by atoms with Gasteiger partial charge in [-0.05, 0) is 36.6 Å². The highest BCUT2D eigenvalue weighted by Gasteiger charge is 2.24. The first-order chi connectivity index (χ1) is 15.6. The molecule has 0 bridgehead atoms. The maximum atomic E-state index is 12.7. The second-order valence-electron chi connectivity index (χ2n) is 8.34. The van der Waals surface area contributed by atoms with Crippen molar-refractivity contribution in [2.45, 2.75) is 52.0 Å². The molecule has 0 spiro atoms. The SMILES string of the molecule is CCCCC(=O)Nc1cccc(-c2cc3c(o2)CCN(C(=O)CCc2ccccc2)C3)c1. The van der Waals surface area contributed by atoms with Crippen LogP contribution in [0, 0.1) is 0 Å². The number of furan rings is 1. The molecule has 1 aliphatic rings. The highest BCUT2D eigenvalue weighted by atomic mass is 16.3. The minimum absolute atomic E-state index is 0.0346. The summed E-state index contributed by atoms with van der Waals surface area (Å²) in [6.45, 7) is 3.34. The molecule has 0 atom stereocenters. The van der Waals surface area contributed by atoms with Crippen LogP contribution in [0.3, 0.4) is 0 Å². The summed E-state index contributed by atoms with van der Waals surface area (Å²) in [6.07, 6.45) is 4.41. The number of fused-ring (bicyclic) bond motifs is 1. The van der Waals surface area contributed by atoms with E-state index >= 15 is 0 Å². The van der Waals surface area contributed by atoms with E-state index in [1.165, 1.54) is 5.56 Å². The van der Waals surface area contributed by atoms with Crippen molar-refractivity contribution in [1.29, 1.82) is 0 Å². The molecule has 0 fully saturated rings. The van der Waals surface area contributed by atoms with Gasteiger partial charge in [0.05, 0.1) is 0 Å². The summed E-state index contributed by atoms with van der Waals surface area (Å²) >= 11 is 0. The third kappa shape index (κ3) is 5.47. The smallest absolute Gasteiger partial charge is 0.224 e. The number of hydrogen-bond donors (Lipinski definition) is 1. The first-order valence-corrected chi connectivity index (χ1v) is 11.5. The molecule has 166 valence electrons. The Bertz CT molecular complexity index is 1070. The average molecular weight is 431 g/mol. The molecule has 5 heteroatoms. The molecule has 5 nitrogen and oxygen atoms in total. The summed E-state index contributed by atoms with van der Waals surface area (Å²) in [6, 6.07) is 19.9. The Morgan fingerprint density at radius 1 is 1.03 bits per heavy atom. The molecule has 4 rings (SSSR count). The lowest BCUT2D eigenvalue weighted by Gasteiger charge is -2.26. The van der Waals surface area contributed by atoms with Crippen LogP contribution in [0.1, 0.15) is 49.5 Å². The monoisotopic (exact) mass is 430 g/mol. The van der Waals surface area contributed by atoms with E-state index in [-0.39, 0.29) is 11.8 Å². The Balaban J connectivity index is 1.39. The standard InChI is InChI=1S/C27H30N2O3/c1-2-3-12-26(30)28-23-11-7-10-21(17-23)25-18-22-19-29(16-15-24(22)32-25)27(31)14-13-20-8-5-4-6-9-20/h4-11,17-18H,2-3,12-16,19H2,1H3,(H,28,30). The Kier molecular flexibility index (Phi) is 7.05. The molecule has 2 aromatic carbocycles. The number of nitrogens with one attached hydrogen (secondary N) is 1. The van der Waals surface area contributed by atoms with E-state index in [1.54, 1.807) is 0 Å². The van der Waals surface area contributed by atoms with E-state index in [9.17, 15) is 9.59 Å². The van der Waals surface area contributed by atoms with Gasteiger partial charge >= 0.3 is 0 Å². The van der Waals surface area contributed by atoms with Gasteiger partial charge in [-0.2, -0.15) is 0 Å². The first kappa shape index (κ1) is 21.9. The number of unbranched alkanes of at least 4 members (excludes halogenated alkanes) is 1. The molecule has 1 N–H and O–H groups in total. The molecule has 0 saturated heterocycles. The quantitative estimate of drug-likeness (QED) is 0.506. The molecule has 1 aliphatic heterocycles. The second kappa shape index (κ2) is 10.3. The van der Waals surface area contributed by atoms with Gasteiger partial charge in [0.15, 0.2) is 0 Å². The highest BCUT2D eigenvalue weighted by Crippen LogP contribution is 2.31. The van der Waals surface area contributed by atoms with Crippen LogP contribution < -0.4 is 5.32 Å². The lowest BCUT2D eigenvalue weighted by atomic mass is 10.1. The fourth-order valence-electron chi connectivity index (χ4n) is 4.05. The van der Waals surface area contributed by atoms with Gasteiger partial charge in [-0.15, -0.1) is 0 Å². The van der Waals surface area contributed by atoms with E-state index in [4.69, 9.17) is 4.42 Å². The Labute approximate surface area is 189 Å². The number of carbonyl (C=O) groups excluding carboxylic acids is 2. The van der Waals surface area contributed by atoms with Crippen LogP contribution in [0.4, 0.5) is 5.69 Å². The molecule has 1 aromatic heterocycles. The van der Waals surface area contributed by atoms with E-state index < -0.39 is 0 Å². The molecule has 32 heavy (non-hydrogen) atoms. The van der Waals surface area contributed by atoms with Crippen molar-refractivity contribution >= 4 is 17.5 Å². The largest absolute Gasteiger partial charge is 0.461 e. The van der Waals surface area contributed by atoms with Crippen LogP contribution in [0.5, 0.6) is 0 Å². The predicted octanol–water partition coefficient (Wildman–Crippen LogP) is 5.59. The minimum Gasteiger partial charge on any atom is -0.461 e. The zero-order valence-corrected chi connectivity index (χ0v) is 18.6. The molecular formula is C27H30N2O3. The van der Waals surface area contributed by atoms with Crippen LogP contribution in [-0.4, -0.2) is 23.3 Å². The van der Waals surface area contributed by atoms with Crippen LogP contribution in [-0.2, 0) is 29.0 Å². The van der Waals surface area contributed by atoms with Gasteiger partial charge in [-0.3, -0.25) is 9.59 Å². The number of hydrogen-bond acceptors (Lipinski definition) is 3. The predicted molar refractivity (Wildman–Crippen MR) is 126 cm³/mol. The van der Waals surface area contributed by atoms with Crippen LogP contribution >= 0.6 is 0 Å². The van der Waals surface area contributed by atoms with Gasteiger partial charge < -0.3 is 14.6 Å². The van der Waals surface area contributed by atoms with Gasteiger partial charge in [-0.1, -0.05) is 55.8 Å². The van der Waals surface area contributed by atoms with Gasteiger partial charge in [0.2, 0.25) is 11.8 Å². The van der Waals surface area contributed by atoms with E-state index in [1.807, 2.05) is 53.4 Å². The van der Waals surface area contributed by atoms with Crippen LogP contribution in [0.25, 0.3) is 11.3 Å². The molecule has 0 unspecified atom stereocenters. The molecule has 0 radical (unpaired) electrons. The van der Waals surface area contributed by atoms with Gasteiger partial charge in [0, 0.05) is 49.2 Å². The number of carbonyl (C=O) groups is 2. The number of nitrogens with zero attached hydrogens (tertiary/aromatic N) is 1. The van der Waals surface area contributed by atoms with Crippen molar-refractivity contribution < 1.29 is 14.0 Å². The zero-order valence-electron chi connectivity index (χ0n) is 18.6. The topological polar surface area (TPSA) is 62.6 Å². The van der Waals surface area contributed by atoms with Crippen molar-refractivity contribution in [3.63, 3.8) is 0 Å². The Hall–Kier alpha value is -3.34. The summed E-state index contributed by atoms with van der Waals surface area (Å²) in [5.74, 6) is 1.94. The zero-order chi connectivity index (χ0) is 22.3. The average Bonchev–Trinajstić information content (AvgIpc) is 3.25. The van der Waals surface area contributed by atoms with Gasteiger partial charge in [0.1, 0.15) is 11.5 Å². The molecule has 2 amide bonds. The van der Waals surface area contributed by atoms with E-state index in [0.29, 0.717) is 25.9 Å². The van der Waals surface area contributed by atoms with Gasteiger partial charge in [0.25, 0.3) is 0 Å². The molecular weight excluding hydrogens is 400 g/mol. The maximum absolute atomic E-state index is 12.7. The fraction of sp³-hybridized carbons (Fsp3) is 0.333. The minimum atomic E-state index is 0.0346. The van der Waals surface area contributed by atoms with Crippen LogP contribution in [0.2, 0.25) is 0 Å². The normalized spacial score (nSPS) is 13.0. The molecule has 0 aliphatic carbocycles. The number of amides is 2. The number of benzene rings is 2. The fourth-order valence-corrected chi connectivity index (χ4v) is 4.05. The first-order valence-electron chi connectivity index (χ1n) is 11.5. The summed E-state index contributed by atoms with van der Waals surface area (Å²) in [5, 5.41) is 2.96. The Morgan fingerprint density at radius 3 is 2.69 bits per heavy atom. The summed E-state index contributed by atoms with van der Waals surface area (Å²) in [5.41, 5.74) is 3.95. The summed E-state index contributed by atoms with van der Waals surface area (Å²) < 4.78 is 6.12. The van der Waals surface area contributed by atoms with Crippen molar-refractivity contribution in [2.75, 3.05) is 11.9 Å². The third-order valence-electron chi connectivity index (χ3n) is 5.88. The summed E-state index contributed by atoms with van der Waals surface area (Å²) in [7, 11) is 0. The van der Waals surface area contributed by atoms with Crippen LogP contribution in [0.15, 0.2) is 65.1 Å². The van der Waals surface area contributed by atoms with Crippen molar-refractivity contribution in [3.05, 3.63) is 77.6 Å². The van der Waals surface area contributed by atoms with Crippen molar-refractivity contribution in [2.24, 2.45) is 0 Å². The number of aryl methyl sites for hydroxylation is 1. The van der Waals surface area contributed by atoms with Crippen molar-refractivity contribution in [3.8, 4) is 11.3 Å². The highest BCUT2D eigenvalue weighted by molar-refractivity contribution is 5.91. The Morgan fingerprint density at radius 2 is 1.88 bits per heavy atom. The number of anilines is 1. The second-order valence-corrected chi connectivity index (χ2v) is 8.34. The summed E-state index contributed by atoms with van der Waals surface area (Å²) in [4.78, 5) is 26.7. The van der Waals surface area contributed by atoms with E-state index in [0.717, 1.165) is 54.0 Å². The van der Waals surface area contributed by atoms with Crippen molar-refractivity contribution in [1.82, 2.24) is 4.90 Å².